The second-order valence-corrected chi connectivity index (χ2v) is 7.52. The van der Waals surface area contributed by atoms with Gasteiger partial charge in [-0.2, -0.15) is 0 Å². The average Bonchev–Trinajstić information content (AvgIpc) is 3.47. The third-order valence-corrected chi connectivity index (χ3v) is 5.50. The summed E-state index contributed by atoms with van der Waals surface area (Å²) in [5.74, 6) is -1.74. The number of benzene rings is 1. The minimum atomic E-state index is -1.27. The molecule has 27 heavy (non-hydrogen) atoms. The summed E-state index contributed by atoms with van der Waals surface area (Å²) in [4.78, 5) is 26.0. The summed E-state index contributed by atoms with van der Waals surface area (Å²) in [5, 5.41) is 12.9. The fourth-order valence-corrected chi connectivity index (χ4v) is 3.99. The Labute approximate surface area is 156 Å². The van der Waals surface area contributed by atoms with Crippen molar-refractivity contribution in [2.24, 2.45) is 0 Å². The number of nitrogens with one attached hydrogen (secondary N) is 1. The number of fused-ring (bicyclic) bond motifs is 1. The predicted octanol–water partition coefficient (Wildman–Crippen LogP) is 2.75. The summed E-state index contributed by atoms with van der Waals surface area (Å²) in [6.45, 7) is 4.34. The molecule has 1 aliphatic carbocycles. The van der Waals surface area contributed by atoms with Crippen molar-refractivity contribution in [1.29, 1.82) is 0 Å². The molecule has 1 aromatic carbocycles. The number of hydrogen-bond acceptors (Lipinski definition) is 4. The van der Waals surface area contributed by atoms with Crippen LogP contribution in [0.1, 0.15) is 49.0 Å². The first-order valence-corrected chi connectivity index (χ1v) is 9.59. The lowest BCUT2D eigenvalue weighted by Gasteiger charge is -2.35. The molecule has 1 saturated carbocycles. The van der Waals surface area contributed by atoms with Crippen LogP contribution in [-0.2, 0) is 0 Å². The van der Waals surface area contributed by atoms with Gasteiger partial charge in [-0.25, -0.2) is 9.18 Å². The number of carboxylic acids is 1. The van der Waals surface area contributed by atoms with Gasteiger partial charge in [0.15, 0.2) is 0 Å². The van der Waals surface area contributed by atoms with Gasteiger partial charge < -0.3 is 19.9 Å². The van der Waals surface area contributed by atoms with Gasteiger partial charge in [-0.3, -0.25) is 4.79 Å². The van der Waals surface area contributed by atoms with Gasteiger partial charge in [0.2, 0.25) is 5.43 Å². The number of hydrogen-bond donors (Lipinski definition) is 2. The number of carboxylic acid groups (broad SMARTS) is 1. The summed E-state index contributed by atoms with van der Waals surface area (Å²) in [6, 6.07) is 3.44. The third kappa shape index (κ3) is 3.32. The van der Waals surface area contributed by atoms with Crippen LogP contribution in [0.5, 0.6) is 0 Å². The van der Waals surface area contributed by atoms with Crippen molar-refractivity contribution in [2.75, 3.05) is 24.5 Å². The van der Waals surface area contributed by atoms with E-state index in [4.69, 9.17) is 0 Å². The molecule has 1 atom stereocenters. The first-order chi connectivity index (χ1) is 13.0. The Morgan fingerprint density at radius 2 is 2.15 bits per heavy atom. The van der Waals surface area contributed by atoms with Crippen LogP contribution in [0.2, 0.25) is 0 Å². The fraction of sp³-hybridized carbons (Fsp3) is 0.500. The highest BCUT2D eigenvalue weighted by molar-refractivity contribution is 5.93. The Kier molecular flexibility index (Phi) is 4.63. The quantitative estimate of drug-likeness (QED) is 0.843. The number of piperazine rings is 1. The van der Waals surface area contributed by atoms with Gasteiger partial charge in [0.05, 0.1) is 11.2 Å². The monoisotopic (exact) mass is 373 g/mol. The summed E-state index contributed by atoms with van der Waals surface area (Å²) in [7, 11) is 0. The van der Waals surface area contributed by atoms with E-state index in [1.165, 1.54) is 12.3 Å². The lowest BCUT2D eigenvalue weighted by Crippen LogP contribution is -2.50. The SMILES string of the molecule is CCCC1CN(c2cc3c(cc2F)c(=O)c(C(=O)O)cn3C2CC2)CCN1. The average molecular weight is 373 g/mol. The summed E-state index contributed by atoms with van der Waals surface area (Å²) >= 11 is 0. The molecule has 7 heteroatoms. The topological polar surface area (TPSA) is 74.6 Å². The van der Waals surface area contributed by atoms with E-state index in [2.05, 4.69) is 12.2 Å². The van der Waals surface area contributed by atoms with Gasteiger partial charge >= 0.3 is 5.97 Å². The van der Waals surface area contributed by atoms with Crippen molar-refractivity contribution in [3.8, 4) is 0 Å². The largest absolute Gasteiger partial charge is 0.477 e. The number of halogens is 1. The van der Waals surface area contributed by atoms with Crippen molar-refractivity contribution >= 4 is 22.6 Å². The summed E-state index contributed by atoms with van der Waals surface area (Å²) in [6.07, 6.45) is 5.39. The molecule has 1 aliphatic heterocycles. The molecule has 2 fully saturated rings. The van der Waals surface area contributed by atoms with E-state index in [1.807, 2.05) is 9.47 Å². The Bertz CT molecular complexity index is 950. The molecule has 4 rings (SSSR count). The molecular weight excluding hydrogens is 349 g/mol. The molecular formula is C20H24FN3O3. The third-order valence-electron chi connectivity index (χ3n) is 5.50. The van der Waals surface area contributed by atoms with E-state index >= 15 is 0 Å². The molecule has 2 N–H and O–H groups in total. The number of pyridine rings is 1. The maximum Gasteiger partial charge on any atom is 0.341 e. The Morgan fingerprint density at radius 3 is 2.81 bits per heavy atom. The second kappa shape index (κ2) is 6.96. The number of nitrogens with zero attached hydrogens (tertiary/aromatic N) is 2. The highest BCUT2D eigenvalue weighted by Crippen LogP contribution is 2.38. The van der Waals surface area contributed by atoms with E-state index in [1.54, 1.807) is 6.07 Å². The van der Waals surface area contributed by atoms with E-state index in [9.17, 15) is 19.1 Å². The van der Waals surface area contributed by atoms with Crippen molar-refractivity contribution in [1.82, 2.24) is 9.88 Å². The van der Waals surface area contributed by atoms with Crippen LogP contribution in [0.4, 0.5) is 10.1 Å². The van der Waals surface area contributed by atoms with Crippen LogP contribution in [0.3, 0.4) is 0 Å². The molecule has 144 valence electrons. The van der Waals surface area contributed by atoms with Crippen LogP contribution < -0.4 is 15.6 Å². The molecule has 1 saturated heterocycles. The lowest BCUT2D eigenvalue weighted by atomic mass is 10.1. The minimum Gasteiger partial charge on any atom is -0.477 e. The highest BCUT2D eigenvalue weighted by atomic mass is 19.1. The number of carbonyl (C=O) groups is 1. The summed E-state index contributed by atoms with van der Waals surface area (Å²) in [5.41, 5.74) is 0.187. The zero-order chi connectivity index (χ0) is 19.1. The molecule has 6 nitrogen and oxygen atoms in total. The smallest absolute Gasteiger partial charge is 0.341 e. The minimum absolute atomic E-state index is 0.142. The molecule has 1 unspecified atom stereocenters. The standard InChI is InChI=1S/C20H24FN3O3/c1-2-3-12-10-23(7-6-22-12)18-9-17-14(8-16(18)21)19(25)15(20(26)27)11-24(17)13-4-5-13/h8-9,11-13,22H,2-7,10H2,1H3,(H,26,27). The Hall–Kier alpha value is -2.41. The predicted molar refractivity (Wildman–Crippen MR) is 102 cm³/mol. The van der Waals surface area contributed by atoms with Crippen LogP contribution in [-0.4, -0.2) is 41.3 Å². The van der Waals surface area contributed by atoms with Gasteiger partial charge in [0.1, 0.15) is 11.4 Å². The molecule has 0 amide bonds. The van der Waals surface area contributed by atoms with E-state index in [0.717, 1.165) is 38.8 Å². The molecule has 0 bridgehead atoms. The first kappa shape index (κ1) is 18.0. The number of rotatable bonds is 5. The maximum atomic E-state index is 14.9. The number of anilines is 1. The molecule has 2 aromatic rings. The molecule has 0 radical (unpaired) electrons. The number of aromatic carboxylic acids is 1. The molecule has 2 aliphatic rings. The van der Waals surface area contributed by atoms with E-state index in [-0.39, 0.29) is 17.0 Å². The number of aromatic nitrogens is 1. The van der Waals surface area contributed by atoms with Gasteiger partial charge in [-0.05, 0) is 31.4 Å². The first-order valence-electron chi connectivity index (χ1n) is 9.59. The van der Waals surface area contributed by atoms with E-state index < -0.39 is 17.2 Å². The summed E-state index contributed by atoms with van der Waals surface area (Å²) < 4.78 is 16.8. The zero-order valence-electron chi connectivity index (χ0n) is 15.4. The van der Waals surface area contributed by atoms with Crippen molar-refractivity contribution in [3.63, 3.8) is 0 Å². The van der Waals surface area contributed by atoms with Crippen LogP contribution in [0.25, 0.3) is 10.9 Å². The Balaban J connectivity index is 1.83. The van der Waals surface area contributed by atoms with Crippen LogP contribution >= 0.6 is 0 Å². The van der Waals surface area contributed by atoms with Gasteiger partial charge in [0.25, 0.3) is 0 Å². The zero-order valence-corrected chi connectivity index (χ0v) is 15.4. The Morgan fingerprint density at radius 1 is 1.37 bits per heavy atom. The normalized spacial score (nSPS) is 20.2. The van der Waals surface area contributed by atoms with Crippen molar-refractivity contribution in [2.45, 2.75) is 44.7 Å². The highest BCUT2D eigenvalue weighted by Gasteiger charge is 2.28. The fourth-order valence-electron chi connectivity index (χ4n) is 3.99. The maximum absolute atomic E-state index is 14.9. The molecule has 0 spiro atoms. The van der Waals surface area contributed by atoms with Crippen LogP contribution in [0, 0.1) is 5.82 Å². The molecule has 1 aromatic heterocycles. The van der Waals surface area contributed by atoms with E-state index in [0.29, 0.717) is 23.8 Å². The van der Waals surface area contributed by atoms with Crippen molar-refractivity contribution in [3.05, 3.63) is 39.9 Å². The molecule has 2 heterocycles. The van der Waals surface area contributed by atoms with Crippen LogP contribution in [0.15, 0.2) is 23.1 Å². The van der Waals surface area contributed by atoms with Gasteiger partial charge in [-0.1, -0.05) is 13.3 Å². The van der Waals surface area contributed by atoms with Gasteiger partial charge in [-0.15, -0.1) is 0 Å². The lowest BCUT2D eigenvalue weighted by molar-refractivity contribution is 0.0695. The van der Waals surface area contributed by atoms with Crippen molar-refractivity contribution < 1.29 is 14.3 Å². The second-order valence-electron chi connectivity index (χ2n) is 7.52. The van der Waals surface area contributed by atoms with Gasteiger partial charge in [0, 0.05) is 43.3 Å².